The van der Waals surface area contributed by atoms with Crippen LogP contribution in [0.2, 0.25) is 0 Å². The van der Waals surface area contributed by atoms with Crippen LogP contribution in [0.4, 0.5) is 0 Å². The Labute approximate surface area is 93.3 Å². The summed E-state index contributed by atoms with van der Waals surface area (Å²) >= 11 is 0. The predicted molar refractivity (Wildman–Crippen MR) is 61.4 cm³/mol. The van der Waals surface area contributed by atoms with E-state index in [1.54, 1.807) is 0 Å². The van der Waals surface area contributed by atoms with Crippen LogP contribution in [0.25, 0.3) is 0 Å². The molecule has 0 amide bonds. The summed E-state index contributed by atoms with van der Waals surface area (Å²) in [6, 6.07) is 0. The van der Waals surface area contributed by atoms with E-state index in [1.807, 2.05) is 6.92 Å². The molecule has 3 aliphatic carbocycles. The highest BCUT2D eigenvalue weighted by molar-refractivity contribution is 5.13. The average Bonchev–Trinajstić information content (AvgIpc) is 2.59. The van der Waals surface area contributed by atoms with Gasteiger partial charge >= 0.3 is 0 Å². The Balaban J connectivity index is 1.96. The lowest BCUT2D eigenvalue weighted by Crippen LogP contribution is -2.41. The summed E-state index contributed by atoms with van der Waals surface area (Å²) in [5.41, 5.74) is 0.608. The van der Waals surface area contributed by atoms with Crippen molar-refractivity contribution in [2.24, 2.45) is 35.0 Å². The molecule has 3 fully saturated rings. The summed E-state index contributed by atoms with van der Waals surface area (Å²) in [6.45, 7) is 6.93. The first-order chi connectivity index (χ1) is 7.05. The number of rotatable bonds is 1. The zero-order valence-corrected chi connectivity index (χ0v) is 10.2. The van der Waals surface area contributed by atoms with E-state index in [-0.39, 0.29) is 6.10 Å². The first kappa shape index (κ1) is 10.1. The van der Waals surface area contributed by atoms with Gasteiger partial charge in [-0.05, 0) is 61.2 Å². The monoisotopic (exact) mass is 208 g/mol. The second-order valence-electron chi connectivity index (χ2n) is 6.71. The van der Waals surface area contributed by atoms with Crippen LogP contribution < -0.4 is 0 Å². The molecule has 1 N–H and O–H groups in total. The Hall–Kier alpha value is -0.0400. The molecule has 1 heteroatoms. The van der Waals surface area contributed by atoms with Gasteiger partial charge in [0.05, 0.1) is 6.10 Å². The molecule has 15 heavy (non-hydrogen) atoms. The number of aliphatic hydroxyl groups excluding tert-OH is 1. The van der Waals surface area contributed by atoms with Gasteiger partial charge in [-0.2, -0.15) is 0 Å². The van der Waals surface area contributed by atoms with Crippen LogP contribution >= 0.6 is 0 Å². The third-order valence-electron chi connectivity index (χ3n) is 6.21. The molecule has 3 rings (SSSR count). The van der Waals surface area contributed by atoms with Crippen LogP contribution in [0.5, 0.6) is 0 Å². The standard InChI is InChI=1S/C14H24O/c1-8-4-5-10-12(8)13(9(2)15)11-6-7-14(10,11)3/h8-13,15H,4-7H2,1-3H3/t8-,9?,10+,11+,12-,13+,14-/m0/s1. The molecule has 0 aromatic carbocycles. The zero-order chi connectivity index (χ0) is 10.8. The third-order valence-corrected chi connectivity index (χ3v) is 6.21. The normalized spacial score (nSPS) is 59.6. The quantitative estimate of drug-likeness (QED) is 0.702. The maximum absolute atomic E-state index is 10.1. The van der Waals surface area contributed by atoms with E-state index in [1.165, 1.54) is 25.7 Å². The summed E-state index contributed by atoms with van der Waals surface area (Å²) in [5.74, 6) is 4.09. The minimum absolute atomic E-state index is 0.0785. The fraction of sp³-hybridized carbons (Fsp3) is 1.00. The van der Waals surface area contributed by atoms with E-state index in [4.69, 9.17) is 0 Å². The van der Waals surface area contributed by atoms with Crippen molar-refractivity contribution in [1.29, 1.82) is 0 Å². The Bertz CT molecular complexity index is 273. The lowest BCUT2D eigenvalue weighted by Gasteiger charge is -2.48. The van der Waals surface area contributed by atoms with E-state index in [9.17, 15) is 5.11 Å². The zero-order valence-electron chi connectivity index (χ0n) is 10.2. The van der Waals surface area contributed by atoms with E-state index >= 15 is 0 Å². The van der Waals surface area contributed by atoms with Gasteiger partial charge in [0.1, 0.15) is 0 Å². The summed E-state index contributed by atoms with van der Waals surface area (Å²) in [4.78, 5) is 0. The number of fused-ring (bicyclic) bond motifs is 3. The molecule has 0 aliphatic heterocycles. The minimum atomic E-state index is -0.0785. The number of hydrogen-bond acceptors (Lipinski definition) is 1. The van der Waals surface area contributed by atoms with Crippen LogP contribution in [-0.4, -0.2) is 11.2 Å². The van der Waals surface area contributed by atoms with Crippen LogP contribution in [0.1, 0.15) is 46.5 Å². The van der Waals surface area contributed by atoms with Crippen molar-refractivity contribution < 1.29 is 5.11 Å². The fourth-order valence-corrected chi connectivity index (χ4v) is 5.43. The van der Waals surface area contributed by atoms with Gasteiger partial charge in [-0.15, -0.1) is 0 Å². The maximum Gasteiger partial charge on any atom is 0.0545 e. The smallest absolute Gasteiger partial charge is 0.0545 e. The molecule has 3 saturated carbocycles. The van der Waals surface area contributed by atoms with Crippen molar-refractivity contribution >= 4 is 0 Å². The topological polar surface area (TPSA) is 20.2 Å². The fourth-order valence-electron chi connectivity index (χ4n) is 5.43. The number of hydrogen-bond donors (Lipinski definition) is 1. The Morgan fingerprint density at radius 3 is 2.47 bits per heavy atom. The van der Waals surface area contributed by atoms with Crippen molar-refractivity contribution in [2.75, 3.05) is 0 Å². The molecule has 0 bridgehead atoms. The first-order valence-electron chi connectivity index (χ1n) is 6.74. The second kappa shape index (κ2) is 3.00. The summed E-state index contributed by atoms with van der Waals surface area (Å²) in [7, 11) is 0. The third kappa shape index (κ3) is 1.08. The maximum atomic E-state index is 10.1. The summed E-state index contributed by atoms with van der Waals surface area (Å²) < 4.78 is 0. The van der Waals surface area contributed by atoms with Gasteiger partial charge < -0.3 is 5.11 Å². The highest BCUT2D eigenvalue weighted by Crippen LogP contribution is 2.70. The molecule has 7 atom stereocenters. The highest BCUT2D eigenvalue weighted by atomic mass is 16.3. The van der Waals surface area contributed by atoms with Gasteiger partial charge in [0.15, 0.2) is 0 Å². The van der Waals surface area contributed by atoms with Crippen molar-refractivity contribution in [3.8, 4) is 0 Å². The molecule has 0 spiro atoms. The van der Waals surface area contributed by atoms with Gasteiger partial charge in [-0.1, -0.05) is 20.3 Å². The van der Waals surface area contributed by atoms with E-state index in [0.29, 0.717) is 11.3 Å². The highest BCUT2D eigenvalue weighted by Gasteiger charge is 2.64. The van der Waals surface area contributed by atoms with Gasteiger partial charge in [0.2, 0.25) is 0 Å². The van der Waals surface area contributed by atoms with E-state index in [2.05, 4.69) is 13.8 Å². The van der Waals surface area contributed by atoms with Crippen LogP contribution in [0.15, 0.2) is 0 Å². The van der Waals surface area contributed by atoms with Crippen LogP contribution in [-0.2, 0) is 0 Å². The molecular formula is C14H24O. The minimum Gasteiger partial charge on any atom is -0.393 e. The second-order valence-corrected chi connectivity index (χ2v) is 6.71. The van der Waals surface area contributed by atoms with Crippen LogP contribution in [0.3, 0.4) is 0 Å². The van der Waals surface area contributed by atoms with Crippen molar-refractivity contribution in [1.82, 2.24) is 0 Å². The number of aliphatic hydroxyl groups is 1. The van der Waals surface area contributed by atoms with Gasteiger partial charge in [-0.25, -0.2) is 0 Å². The van der Waals surface area contributed by atoms with E-state index < -0.39 is 0 Å². The SMILES string of the molecule is CC(O)[C@H]1[C@@H]2[C@@H](CC[C@@H]2C)[C@]2(C)CC[C@H]12. The Morgan fingerprint density at radius 2 is 1.93 bits per heavy atom. The van der Waals surface area contributed by atoms with Gasteiger partial charge in [0, 0.05) is 0 Å². The predicted octanol–water partition coefficient (Wildman–Crippen LogP) is 3.08. The first-order valence-corrected chi connectivity index (χ1v) is 6.74. The van der Waals surface area contributed by atoms with Gasteiger partial charge in [0.25, 0.3) is 0 Å². The molecule has 0 radical (unpaired) electrons. The molecule has 0 saturated heterocycles. The van der Waals surface area contributed by atoms with Crippen LogP contribution in [0, 0.1) is 35.0 Å². The van der Waals surface area contributed by atoms with Crippen molar-refractivity contribution in [3.05, 3.63) is 0 Å². The summed E-state index contributed by atoms with van der Waals surface area (Å²) in [5, 5.41) is 10.1. The largest absolute Gasteiger partial charge is 0.393 e. The molecule has 1 unspecified atom stereocenters. The molecule has 1 nitrogen and oxygen atoms in total. The molecule has 0 heterocycles. The van der Waals surface area contributed by atoms with E-state index in [0.717, 1.165) is 23.7 Å². The Kier molecular flexibility index (Phi) is 2.03. The van der Waals surface area contributed by atoms with Crippen molar-refractivity contribution in [2.45, 2.75) is 52.6 Å². The molecule has 86 valence electrons. The lowest BCUT2D eigenvalue weighted by molar-refractivity contribution is -0.0144. The molecular weight excluding hydrogens is 184 g/mol. The molecule has 0 aromatic heterocycles. The average molecular weight is 208 g/mol. The summed E-state index contributed by atoms with van der Waals surface area (Å²) in [6.07, 6.45) is 5.56. The lowest BCUT2D eigenvalue weighted by atomic mass is 9.57. The van der Waals surface area contributed by atoms with Gasteiger partial charge in [-0.3, -0.25) is 0 Å². The van der Waals surface area contributed by atoms with Crippen molar-refractivity contribution in [3.63, 3.8) is 0 Å². The Morgan fingerprint density at radius 1 is 1.20 bits per heavy atom. The molecule has 3 aliphatic rings. The molecule has 0 aromatic rings.